The molecule has 8 nitrogen and oxygen atoms in total. The summed E-state index contributed by atoms with van der Waals surface area (Å²) in [5, 5.41) is 8.38. The zero-order valence-electron chi connectivity index (χ0n) is 19.7. The molecule has 0 radical (unpaired) electrons. The molecule has 0 bridgehead atoms. The summed E-state index contributed by atoms with van der Waals surface area (Å²) in [5.41, 5.74) is 1.66. The van der Waals surface area contributed by atoms with Gasteiger partial charge in [-0.3, -0.25) is 14.5 Å². The van der Waals surface area contributed by atoms with Crippen LogP contribution in [0.15, 0.2) is 66.7 Å². The summed E-state index contributed by atoms with van der Waals surface area (Å²) in [6, 6.07) is 16.2. The number of likely N-dealkylation sites (tertiary alicyclic amines) is 1. The van der Waals surface area contributed by atoms with Crippen molar-refractivity contribution in [3.63, 3.8) is 0 Å². The molecule has 3 aromatic rings. The van der Waals surface area contributed by atoms with Crippen molar-refractivity contribution in [1.82, 2.24) is 4.90 Å². The number of rotatable bonds is 7. The van der Waals surface area contributed by atoms with E-state index >= 15 is 0 Å². The second kappa shape index (κ2) is 12.1. The lowest BCUT2D eigenvalue weighted by atomic mass is 10.2. The minimum absolute atomic E-state index is 0.0717. The highest BCUT2D eigenvalue weighted by atomic mass is 35.5. The Morgan fingerprint density at radius 2 is 1.59 bits per heavy atom. The van der Waals surface area contributed by atoms with Crippen LogP contribution in [-0.2, 0) is 4.79 Å². The van der Waals surface area contributed by atoms with E-state index in [2.05, 4.69) is 33.7 Å². The van der Waals surface area contributed by atoms with Crippen LogP contribution < -0.4 is 20.3 Å². The third-order valence-corrected chi connectivity index (χ3v) is 6.47. The molecule has 0 aromatic heterocycles. The van der Waals surface area contributed by atoms with Crippen LogP contribution in [0.2, 0.25) is 5.02 Å². The van der Waals surface area contributed by atoms with Gasteiger partial charge in [-0.05, 0) is 80.5 Å². The second-order valence-corrected chi connectivity index (χ2v) is 9.26. The number of benzene rings is 3. The lowest BCUT2D eigenvalue weighted by molar-refractivity contribution is -0.117. The number of hydrogen-bond acceptors (Lipinski definition) is 5. The van der Waals surface area contributed by atoms with E-state index in [9.17, 15) is 18.8 Å². The van der Waals surface area contributed by atoms with Crippen molar-refractivity contribution in [2.24, 2.45) is 0 Å². The number of nitrogens with one attached hydrogen (secondary N) is 3. The zero-order chi connectivity index (χ0) is 26.4. The first kappa shape index (κ1) is 26.5. The zero-order valence-corrected chi connectivity index (χ0v) is 21.4. The minimum atomic E-state index is -0.618. The summed E-state index contributed by atoms with van der Waals surface area (Å²) in [5.74, 6) is -1.35. The van der Waals surface area contributed by atoms with Gasteiger partial charge in [-0.1, -0.05) is 36.5 Å². The predicted octanol–water partition coefficient (Wildman–Crippen LogP) is 5.65. The fourth-order valence-corrected chi connectivity index (χ4v) is 4.26. The lowest BCUT2D eigenvalue weighted by Gasteiger charge is -2.18. The fraction of sp³-hybridized carbons (Fsp3) is 0.192. The van der Waals surface area contributed by atoms with Gasteiger partial charge in [0, 0.05) is 11.4 Å². The van der Waals surface area contributed by atoms with Crippen LogP contribution in [0.1, 0.15) is 23.2 Å². The molecule has 4 amide bonds. The normalized spacial score (nSPS) is 13.2. The molecule has 11 heteroatoms. The molecule has 1 aliphatic heterocycles. The van der Waals surface area contributed by atoms with E-state index in [0.717, 1.165) is 30.2 Å². The SMILES string of the molecule is O=C(CN1CCCC1)Nc1ccc(NC(=O)N(S)c2ccc(NC(=O)c3ccccc3F)cc2)cc1Cl. The minimum Gasteiger partial charge on any atom is -0.324 e. The molecule has 1 saturated heterocycles. The number of carbonyl (C=O) groups is 3. The molecule has 0 unspecified atom stereocenters. The van der Waals surface area contributed by atoms with Crippen LogP contribution in [-0.4, -0.2) is 42.4 Å². The fourth-order valence-electron chi connectivity index (χ4n) is 3.85. The van der Waals surface area contributed by atoms with Gasteiger partial charge in [0.2, 0.25) is 5.91 Å². The molecule has 0 saturated carbocycles. The molecule has 37 heavy (non-hydrogen) atoms. The summed E-state index contributed by atoms with van der Waals surface area (Å²) in [7, 11) is 0. The van der Waals surface area contributed by atoms with Gasteiger partial charge in [0.25, 0.3) is 5.91 Å². The Bertz CT molecular complexity index is 1300. The molecule has 0 aliphatic carbocycles. The number of nitrogens with zero attached hydrogens (tertiary/aromatic N) is 2. The maximum atomic E-state index is 13.8. The lowest BCUT2D eigenvalue weighted by Crippen LogP contribution is -2.31. The number of thiol groups is 1. The van der Waals surface area contributed by atoms with E-state index in [1.54, 1.807) is 42.5 Å². The van der Waals surface area contributed by atoms with Crippen LogP contribution in [0.5, 0.6) is 0 Å². The summed E-state index contributed by atoms with van der Waals surface area (Å²) in [4.78, 5) is 39.3. The maximum Gasteiger partial charge on any atom is 0.336 e. The van der Waals surface area contributed by atoms with Crippen LogP contribution in [0.4, 0.5) is 31.9 Å². The quantitative estimate of drug-likeness (QED) is 0.291. The third-order valence-electron chi connectivity index (χ3n) is 5.74. The third kappa shape index (κ3) is 7.00. The van der Waals surface area contributed by atoms with Gasteiger partial charge in [-0.25, -0.2) is 13.5 Å². The number of urea groups is 1. The largest absolute Gasteiger partial charge is 0.336 e. The molecule has 0 spiro atoms. The van der Waals surface area contributed by atoms with Crippen molar-refractivity contribution < 1.29 is 18.8 Å². The standard InChI is InChI=1S/C26H25ClFN5O3S/c27-21-15-18(9-12-23(21)31-24(34)16-32-13-3-4-14-32)30-26(36)33(37)19-10-7-17(8-11-19)29-25(35)20-5-1-2-6-22(20)28/h1-2,5-12,15,37H,3-4,13-14,16H2,(H,29,35)(H,30,36)(H,31,34). The number of carbonyl (C=O) groups excluding carboxylic acids is 3. The topological polar surface area (TPSA) is 93.8 Å². The molecule has 0 atom stereocenters. The van der Waals surface area contributed by atoms with Gasteiger partial charge in [-0.2, -0.15) is 0 Å². The van der Waals surface area contributed by atoms with Crippen molar-refractivity contribution >= 4 is 65.0 Å². The van der Waals surface area contributed by atoms with Gasteiger partial charge >= 0.3 is 6.03 Å². The van der Waals surface area contributed by atoms with Gasteiger partial charge < -0.3 is 16.0 Å². The van der Waals surface area contributed by atoms with Crippen LogP contribution in [0, 0.1) is 5.82 Å². The van der Waals surface area contributed by atoms with Crippen LogP contribution >= 0.6 is 24.4 Å². The maximum absolute atomic E-state index is 13.8. The van der Waals surface area contributed by atoms with E-state index < -0.39 is 17.8 Å². The van der Waals surface area contributed by atoms with E-state index in [0.29, 0.717) is 29.3 Å². The van der Waals surface area contributed by atoms with E-state index in [4.69, 9.17) is 11.6 Å². The first-order valence-electron chi connectivity index (χ1n) is 11.6. The van der Waals surface area contributed by atoms with Gasteiger partial charge in [-0.15, -0.1) is 0 Å². The molecular weight excluding hydrogens is 517 g/mol. The summed E-state index contributed by atoms with van der Waals surface area (Å²) in [6.45, 7) is 2.14. The Labute approximate surface area is 224 Å². The summed E-state index contributed by atoms with van der Waals surface area (Å²) < 4.78 is 14.9. The molecule has 1 fully saturated rings. The summed E-state index contributed by atoms with van der Waals surface area (Å²) >= 11 is 10.6. The average Bonchev–Trinajstić information content (AvgIpc) is 3.39. The van der Waals surface area contributed by atoms with E-state index in [1.165, 1.54) is 24.3 Å². The Morgan fingerprint density at radius 1 is 0.919 bits per heavy atom. The molecule has 4 rings (SSSR count). The van der Waals surface area contributed by atoms with Crippen molar-refractivity contribution in [2.45, 2.75) is 12.8 Å². The van der Waals surface area contributed by atoms with Crippen molar-refractivity contribution in [2.75, 3.05) is 39.9 Å². The predicted molar refractivity (Wildman–Crippen MR) is 147 cm³/mol. The highest BCUT2D eigenvalue weighted by Crippen LogP contribution is 2.27. The Balaban J connectivity index is 1.32. The number of anilines is 4. The Hall–Kier alpha value is -3.60. The monoisotopic (exact) mass is 541 g/mol. The number of halogens is 2. The van der Waals surface area contributed by atoms with E-state index in [-0.39, 0.29) is 16.5 Å². The highest BCUT2D eigenvalue weighted by molar-refractivity contribution is 7.82. The van der Waals surface area contributed by atoms with Gasteiger partial charge in [0.05, 0.1) is 28.5 Å². The molecule has 1 heterocycles. The average molecular weight is 542 g/mol. The molecule has 192 valence electrons. The first-order valence-corrected chi connectivity index (χ1v) is 12.4. The highest BCUT2D eigenvalue weighted by Gasteiger charge is 2.17. The second-order valence-electron chi connectivity index (χ2n) is 8.45. The van der Waals surface area contributed by atoms with Crippen LogP contribution in [0.25, 0.3) is 0 Å². The van der Waals surface area contributed by atoms with Crippen LogP contribution in [0.3, 0.4) is 0 Å². The van der Waals surface area contributed by atoms with Crippen molar-refractivity contribution in [3.8, 4) is 0 Å². The van der Waals surface area contributed by atoms with E-state index in [1.807, 2.05) is 0 Å². The van der Waals surface area contributed by atoms with Gasteiger partial charge in [0.15, 0.2) is 0 Å². The molecule has 3 N–H and O–H groups in total. The molecule has 1 aliphatic rings. The number of amides is 4. The Morgan fingerprint density at radius 3 is 2.27 bits per heavy atom. The number of hydrogen-bond donors (Lipinski definition) is 4. The molecule has 3 aromatic carbocycles. The smallest absolute Gasteiger partial charge is 0.324 e. The van der Waals surface area contributed by atoms with Crippen molar-refractivity contribution in [1.29, 1.82) is 0 Å². The van der Waals surface area contributed by atoms with Crippen molar-refractivity contribution in [3.05, 3.63) is 83.1 Å². The Kier molecular flexibility index (Phi) is 8.65. The summed E-state index contributed by atoms with van der Waals surface area (Å²) in [6.07, 6.45) is 2.20. The molecular formula is C26H25ClFN5O3S. The first-order chi connectivity index (χ1) is 17.8. The van der Waals surface area contributed by atoms with Gasteiger partial charge in [0.1, 0.15) is 5.82 Å².